The van der Waals surface area contributed by atoms with E-state index >= 15 is 0 Å². The summed E-state index contributed by atoms with van der Waals surface area (Å²) in [6.45, 7) is 3.40. The van der Waals surface area contributed by atoms with Gasteiger partial charge in [0.05, 0.1) is 0 Å². The highest BCUT2D eigenvalue weighted by atomic mass is 16.2. The van der Waals surface area contributed by atoms with Crippen molar-refractivity contribution in [1.82, 2.24) is 15.5 Å². The van der Waals surface area contributed by atoms with E-state index in [1.165, 1.54) is 0 Å². The molecule has 1 saturated heterocycles. The lowest BCUT2D eigenvalue weighted by molar-refractivity contribution is -0.135. The number of hydrogen-bond donors (Lipinski definition) is 2. The molecule has 1 aromatic rings. The number of rotatable bonds is 4. The summed E-state index contributed by atoms with van der Waals surface area (Å²) in [7, 11) is 0. The largest absolute Gasteiger partial charge is 0.352 e. The number of urea groups is 1. The molecule has 1 aromatic carbocycles. The van der Waals surface area contributed by atoms with Crippen molar-refractivity contribution < 1.29 is 14.4 Å². The van der Waals surface area contributed by atoms with Gasteiger partial charge in [0.1, 0.15) is 12.1 Å². The van der Waals surface area contributed by atoms with Gasteiger partial charge < -0.3 is 10.6 Å². The number of carbonyl (C=O) groups is 3. The van der Waals surface area contributed by atoms with E-state index in [0.717, 1.165) is 36.1 Å². The third kappa shape index (κ3) is 3.00. The summed E-state index contributed by atoms with van der Waals surface area (Å²) in [4.78, 5) is 38.1. The first-order valence-corrected chi connectivity index (χ1v) is 8.41. The molecule has 1 aliphatic heterocycles. The van der Waals surface area contributed by atoms with Crippen LogP contribution in [-0.4, -0.2) is 35.3 Å². The molecule has 2 N–H and O–H groups in total. The van der Waals surface area contributed by atoms with Crippen molar-refractivity contribution in [3.8, 4) is 0 Å². The minimum Gasteiger partial charge on any atom is -0.352 e. The molecule has 0 aromatic heterocycles. The lowest BCUT2D eigenvalue weighted by Crippen LogP contribution is -2.45. The molecule has 3 rings (SSSR count). The molecule has 1 aliphatic carbocycles. The van der Waals surface area contributed by atoms with Crippen LogP contribution >= 0.6 is 0 Å². The number of amides is 4. The maximum absolute atomic E-state index is 12.8. The minimum absolute atomic E-state index is 0.168. The van der Waals surface area contributed by atoms with E-state index in [0.29, 0.717) is 5.56 Å². The molecule has 1 atom stereocenters. The molecule has 24 heavy (non-hydrogen) atoms. The van der Waals surface area contributed by atoms with Gasteiger partial charge in [-0.1, -0.05) is 42.7 Å². The van der Waals surface area contributed by atoms with Crippen LogP contribution in [0.4, 0.5) is 4.79 Å². The second-order valence-corrected chi connectivity index (χ2v) is 6.86. The molecule has 0 bridgehead atoms. The first-order chi connectivity index (χ1) is 11.4. The normalized spacial score (nSPS) is 24.3. The fourth-order valence-corrected chi connectivity index (χ4v) is 3.41. The summed E-state index contributed by atoms with van der Waals surface area (Å²) in [5.74, 6) is -0.670. The van der Waals surface area contributed by atoms with Crippen molar-refractivity contribution in [2.45, 2.75) is 51.1 Å². The highest BCUT2D eigenvalue weighted by Gasteiger charge is 2.49. The van der Waals surface area contributed by atoms with Crippen LogP contribution in [0.5, 0.6) is 0 Å². The van der Waals surface area contributed by atoms with Crippen molar-refractivity contribution in [3.05, 3.63) is 35.4 Å². The zero-order valence-corrected chi connectivity index (χ0v) is 14.1. The molecule has 4 amide bonds. The number of nitrogens with zero attached hydrogens (tertiary/aromatic N) is 1. The molecule has 2 fully saturated rings. The molecular weight excluding hydrogens is 306 g/mol. The maximum atomic E-state index is 12.8. The zero-order valence-electron chi connectivity index (χ0n) is 14.1. The van der Waals surface area contributed by atoms with Gasteiger partial charge in [-0.3, -0.25) is 14.5 Å². The third-order valence-corrected chi connectivity index (χ3v) is 4.93. The topological polar surface area (TPSA) is 78.5 Å². The molecule has 0 spiro atoms. The van der Waals surface area contributed by atoms with Gasteiger partial charge >= 0.3 is 6.03 Å². The number of hydrogen-bond acceptors (Lipinski definition) is 3. The molecule has 1 saturated carbocycles. The molecule has 0 radical (unpaired) electrons. The van der Waals surface area contributed by atoms with Gasteiger partial charge in [-0.05, 0) is 32.3 Å². The van der Waals surface area contributed by atoms with Crippen LogP contribution in [0.3, 0.4) is 0 Å². The minimum atomic E-state index is -1.13. The van der Waals surface area contributed by atoms with Crippen LogP contribution in [0.2, 0.25) is 0 Å². The molecule has 2 aliphatic rings. The summed E-state index contributed by atoms with van der Waals surface area (Å²) < 4.78 is 0. The number of aryl methyl sites for hydroxylation is 1. The molecular formula is C18H23N3O3. The fourth-order valence-electron chi connectivity index (χ4n) is 3.41. The smallest absolute Gasteiger partial charge is 0.325 e. The third-order valence-electron chi connectivity index (χ3n) is 4.93. The van der Waals surface area contributed by atoms with E-state index in [-0.39, 0.29) is 18.5 Å². The van der Waals surface area contributed by atoms with Gasteiger partial charge in [0.2, 0.25) is 5.91 Å². The Morgan fingerprint density at radius 1 is 1.25 bits per heavy atom. The summed E-state index contributed by atoms with van der Waals surface area (Å²) >= 11 is 0. The number of carbonyl (C=O) groups excluding carboxylic acids is 3. The lowest BCUT2D eigenvalue weighted by Gasteiger charge is -2.22. The summed E-state index contributed by atoms with van der Waals surface area (Å²) in [5, 5.41) is 5.63. The van der Waals surface area contributed by atoms with Gasteiger partial charge in [-0.25, -0.2) is 4.79 Å². The Balaban J connectivity index is 1.71. The van der Waals surface area contributed by atoms with Crippen molar-refractivity contribution in [1.29, 1.82) is 0 Å². The second kappa shape index (κ2) is 6.26. The van der Waals surface area contributed by atoms with E-state index in [2.05, 4.69) is 10.6 Å². The van der Waals surface area contributed by atoms with Crippen LogP contribution in [0, 0.1) is 6.92 Å². The lowest BCUT2D eigenvalue weighted by atomic mass is 9.91. The summed E-state index contributed by atoms with van der Waals surface area (Å²) in [5.41, 5.74) is 0.662. The Hall–Kier alpha value is -2.37. The Bertz CT molecular complexity index is 665. The first-order valence-electron chi connectivity index (χ1n) is 8.41. The van der Waals surface area contributed by atoms with Gasteiger partial charge in [-0.2, -0.15) is 0 Å². The quantitative estimate of drug-likeness (QED) is 0.827. The van der Waals surface area contributed by atoms with Crippen molar-refractivity contribution in [2.24, 2.45) is 0 Å². The Kier molecular flexibility index (Phi) is 4.30. The van der Waals surface area contributed by atoms with Gasteiger partial charge in [-0.15, -0.1) is 0 Å². The van der Waals surface area contributed by atoms with Crippen LogP contribution in [0.1, 0.15) is 43.7 Å². The SMILES string of the molecule is Cc1ccc([C@]2(C)NC(=O)N(CC(=O)NC3CCCC3)C2=O)cc1. The van der Waals surface area contributed by atoms with Gasteiger partial charge in [0, 0.05) is 6.04 Å². The number of benzene rings is 1. The van der Waals surface area contributed by atoms with Crippen molar-refractivity contribution in [3.63, 3.8) is 0 Å². The standard InChI is InChI=1S/C18H23N3O3/c1-12-7-9-13(10-8-12)18(2)16(23)21(17(24)20-18)11-15(22)19-14-5-3-4-6-14/h7-10,14H,3-6,11H2,1-2H3,(H,19,22)(H,20,24)/t18-/m0/s1. The number of imide groups is 1. The average molecular weight is 329 g/mol. The van der Waals surface area contributed by atoms with Crippen LogP contribution in [0.25, 0.3) is 0 Å². The Morgan fingerprint density at radius 3 is 2.50 bits per heavy atom. The van der Waals surface area contributed by atoms with Gasteiger partial charge in [0.15, 0.2) is 0 Å². The van der Waals surface area contributed by atoms with Crippen LogP contribution < -0.4 is 10.6 Å². The maximum Gasteiger partial charge on any atom is 0.325 e. The summed E-state index contributed by atoms with van der Waals surface area (Å²) in [6, 6.07) is 7.10. The monoisotopic (exact) mass is 329 g/mol. The van der Waals surface area contributed by atoms with Crippen molar-refractivity contribution >= 4 is 17.8 Å². The Morgan fingerprint density at radius 2 is 1.88 bits per heavy atom. The Labute approximate surface area is 141 Å². The molecule has 6 heteroatoms. The van der Waals surface area contributed by atoms with E-state index in [1.807, 2.05) is 31.2 Å². The van der Waals surface area contributed by atoms with E-state index in [1.54, 1.807) is 6.92 Å². The highest BCUT2D eigenvalue weighted by Crippen LogP contribution is 2.29. The van der Waals surface area contributed by atoms with Crippen molar-refractivity contribution in [2.75, 3.05) is 6.54 Å². The zero-order chi connectivity index (χ0) is 17.3. The van der Waals surface area contributed by atoms with E-state index in [4.69, 9.17) is 0 Å². The van der Waals surface area contributed by atoms with Gasteiger partial charge in [0.25, 0.3) is 5.91 Å². The summed E-state index contributed by atoms with van der Waals surface area (Å²) in [6.07, 6.45) is 4.15. The number of nitrogens with one attached hydrogen (secondary N) is 2. The first kappa shape index (κ1) is 16.5. The highest BCUT2D eigenvalue weighted by molar-refractivity contribution is 6.09. The van der Waals surface area contributed by atoms with E-state index < -0.39 is 17.5 Å². The fraction of sp³-hybridized carbons (Fsp3) is 0.500. The average Bonchev–Trinajstić information content (AvgIpc) is 3.11. The molecule has 6 nitrogen and oxygen atoms in total. The predicted molar refractivity (Wildman–Crippen MR) is 89.2 cm³/mol. The molecule has 128 valence electrons. The van der Waals surface area contributed by atoms with Crippen LogP contribution in [0.15, 0.2) is 24.3 Å². The predicted octanol–water partition coefficient (Wildman–Crippen LogP) is 1.82. The van der Waals surface area contributed by atoms with Crippen LogP contribution in [-0.2, 0) is 15.1 Å². The molecule has 1 heterocycles. The second-order valence-electron chi connectivity index (χ2n) is 6.86. The van der Waals surface area contributed by atoms with E-state index in [9.17, 15) is 14.4 Å². The molecule has 0 unspecified atom stereocenters.